The first-order chi connectivity index (χ1) is 10.9. The third kappa shape index (κ3) is 4.71. The molecule has 5 heteroatoms. The van der Waals surface area contributed by atoms with Crippen molar-refractivity contribution in [1.29, 1.82) is 0 Å². The van der Waals surface area contributed by atoms with Crippen molar-refractivity contribution in [2.24, 2.45) is 11.7 Å². The van der Waals surface area contributed by atoms with Crippen molar-refractivity contribution in [1.82, 2.24) is 10.2 Å². The van der Waals surface area contributed by atoms with Crippen LogP contribution in [0.2, 0.25) is 0 Å². The molecule has 1 aromatic carbocycles. The standard InChI is InChI=1S/C18H27N3O2/c1-12-6-7-15(13(2)9-12)10-14(3)20-17(22)16-5-4-8-21(11-16)18(19)23/h6-7,9,14,16H,4-5,8,10-11H2,1-3H3,(H2,19,23)(H,20,22)/t14-,16+/m0/s1. The zero-order valence-corrected chi connectivity index (χ0v) is 14.3. The molecular formula is C18H27N3O2. The van der Waals surface area contributed by atoms with E-state index in [2.05, 4.69) is 37.4 Å². The number of benzene rings is 1. The monoisotopic (exact) mass is 317 g/mol. The lowest BCUT2D eigenvalue weighted by atomic mass is 9.96. The first-order valence-corrected chi connectivity index (χ1v) is 8.27. The summed E-state index contributed by atoms with van der Waals surface area (Å²) in [4.78, 5) is 25.2. The maximum atomic E-state index is 12.4. The van der Waals surface area contributed by atoms with E-state index in [4.69, 9.17) is 5.73 Å². The fraction of sp³-hybridized carbons (Fsp3) is 0.556. The first-order valence-electron chi connectivity index (χ1n) is 8.27. The summed E-state index contributed by atoms with van der Waals surface area (Å²) in [6.45, 7) is 7.28. The molecule has 1 heterocycles. The number of urea groups is 1. The Morgan fingerprint density at radius 3 is 2.78 bits per heavy atom. The molecule has 0 unspecified atom stereocenters. The van der Waals surface area contributed by atoms with E-state index in [1.165, 1.54) is 16.7 Å². The third-order valence-electron chi connectivity index (χ3n) is 4.52. The van der Waals surface area contributed by atoms with Gasteiger partial charge in [0.2, 0.25) is 5.91 Å². The number of nitrogens with zero attached hydrogens (tertiary/aromatic N) is 1. The number of carbonyl (C=O) groups excluding carboxylic acids is 2. The van der Waals surface area contributed by atoms with Gasteiger partial charge in [-0.15, -0.1) is 0 Å². The molecule has 1 saturated heterocycles. The summed E-state index contributed by atoms with van der Waals surface area (Å²) in [5, 5.41) is 3.08. The van der Waals surface area contributed by atoms with Gasteiger partial charge in [0, 0.05) is 19.1 Å². The molecular weight excluding hydrogens is 290 g/mol. The Balaban J connectivity index is 1.90. The smallest absolute Gasteiger partial charge is 0.314 e. The van der Waals surface area contributed by atoms with E-state index in [0.29, 0.717) is 13.1 Å². The van der Waals surface area contributed by atoms with Crippen molar-refractivity contribution >= 4 is 11.9 Å². The molecule has 0 bridgehead atoms. The topological polar surface area (TPSA) is 75.4 Å². The molecule has 126 valence electrons. The van der Waals surface area contributed by atoms with Gasteiger partial charge in [0.15, 0.2) is 0 Å². The number of rotatable bonds is 4. The minimum Gasteiger partial charge on any atom is -0.353 e. The van der Waals surface area contributed by atoms with Crippen LogP contribution in [0, 0.1) is 19.8 Å². The van der Waals surface area contributed by atoms with Crippen LogP contribution in [-0.4, -0.2) is 36.0 Å². The average molecular weight is 317 g/mol. The van der Waals surface area contributed by atoms with Crippen LogP contribution in [0.3, 0.4) is 0 Å². The van der Waals surface area contributed by atoms with E-state index in [0.717, 1.165) is 19.3 Å². The Hall–Kier alpha value is -2.04. The van der Waals surface area contributed by atoms with Gasteiger partial charge in [0.25, 0.3) is 0 Å². The Bertz CT molecular complexity index is 586. The van der Waals surface area contributed by atoms with Crippen LogP contribution in [0.15, 0.2) is 18.2 Å². The Morgan fingerprint density at radius 2 is 2.13 bits per heavy atom. The van der Waals surface area contributed by atoms with E-state index in [-0.39, 0.29) is 17.9 Å². The predicted molar refractivity (Wildman–Crippen MR) is 91.1 cm³/mol. The van der Waals surface area contributed by atoms with E-state index in [1.54, 1.807) is 4.90 Å². The normalized spacial score (nSPS) is 19.3. The van der Waals surface area contributed by atoms with Crippen LogP contribution in [0.5, 0.6) is 0 Å². The van der Waals surface area contributed by atoms with E-state index in [1.807, 2.05) is 6.92 Å². The van der Waals surface area contributed by atoms with Gasteiger partial charge in [-0.25, -0.2) is 4.79 Å². The molecule has 2 atom stereocenters. The summed E-state index contributed by atoms with van der Waals surface area (Å²) in [5.41, 5.74) is 9.07. The highest BCUT2D eigenvalue weighted by Crippen LogP contribution is 2.17. The van der Waals surface area contributed by atoms with Gasteiger partial charge in [-0.3, -0.25) is 4.79 Å². The van der Waals surface area contributed by atoms with Gasteiger partial charge >= 0.3 is 6.03 Å². The number of carbonyl (C=O) groups is 2. The number of likely N-dealkylation sites (tertiary alicyclic amines) is 1. The molecule has 1 aliphatic heterocycles. The molecule has 3 N–H and O–H groups in total. The van der Waals surface area contributed by atoms with Gasteiger partial charge in [-0.2, -0.15) is 0 Å². The molecule has 2 rings (SSSR count). The molecule has 3 amide bonds. The lowest BCUT2D eigenvalue weighted by molar-refractivity contribution is -0.126. The molecule has 0 aliphatic carbocycles. The molecule has 0 saturated carbocycles. The van der Waals surface area contributed by atoms with Crippen LogP contribution in [0.25, 0.3) is 0 Å². The fourth-order valence-corrected chi connectivity index (χ4v) is 3.21. The van der Waals surface area contributed by atoms with Crippen molar-refractivity contribution in [3.8, 4) is 0 Å². The van der Waals surface area contributed by atoms with E-state index >= 15 is 0 Å². The number of nitrogens with two attached hydrogens (primary N) is 1. The lowest BCUT2D eigenvalue weighted by Gasteiger charge is -2.31. The predicted octanol–water partition coefficient (Wildman–Crippen LogP) is 2.14. The Labute approximate surface area is 138 Å². The highest BCUT2D eigenvalue weighted by molar-refractivity contribution is 5.80. The quantitative estimate of drug-likeness (QED) is 0.892. The number of aryl methyl sites for hydroxylation is 2. The van der Waals surface area contributed by atoms with Crippen LogP contribution in [-0.2, 0) is 11.2 Å². The number of hydrogen-bond acceptors (Lipinski definition) is 2. The second kappa shape index (κ2) is 7.49. The SMILES string of the molecule is Cc1ccc(C[C@H](C)NC(=O)[C@@H]2CCCN(C(N)=O)C2)c(C)c1. The van der Waals surface area contributed by atoms with Crippen molar-refractivity contribution in [3.63, 3.8) is 0 Å². The summed E-state index contributed by atoms with van der Waals surface area (Å²) in [6, 6.07) is 6.01. The van der Waals surface area contributed by atoms with Crippen molar-refractivity contribution < 1.29 is 9.59 Å². The number of piperidine rings is 1. The molecule has 0 aromatic heterocycles. The van der Waals surface area contributed by atoms with Gasteiger partial charge in [0.1, 0.15) is 0 Å². The molecule has 1 aromatic rings. The molecule has 23 heavy (non-hydrogen) atoms. The maximum Gasteiger partial charge on any atom is 0.314 e. The summed E-state index contributed by atoms with van der Waals surface area (Å²) in [6.07, 6.45) is 2.45. The Kier molecular flexibility index (Phi) is 5.64. The number of amides is 3. The molecule has 5 nitrogen and oxygen atoms in total. The highest BCUT2D eigenvalue weighted by atomic mass is 16.2. The highest BCUT2D eigenvalue weighted by Gasteiger charge is 2.28. The van der Waals surface area contributed by atoms with Gasteiger partial charge < -0.3 is 16.0 Å². The molecule has 0 spiro atoms. The van der Waals surface area contributed by atoms with Crippen molar-refractivity contribution in [2.45, 2.75) is 46.1 Å². The van der Waals surface area contributed by atoms with Crippen LogP contribution in [0.1, 0.15) is 36.5 Å². The second-order valence-electron chi connectivity index (χ2n) is 6.67. The van der Waals surface area contributed by atoms with Crippen LogP contribution < -0.4 is 11.1 Å². The largest absolute Gasteiger partial charge is 0.353 e. The summed E-state index contributed by atoms with van der Waals surface area (Å²) < 4.78 is 0. The van der Waals surface area contributed by atoms with E-state index in [9.17, 15) is 9.59 Å². The zero-order chi connectivity index (χ0) is 17.0. The fourth-order valence-electron chi connectivity index (χ4n) is 3.21. The number of nitrogens with one attached hydrogen (secondary N) is 1. The summed E-state index contributed by atoms with van der Waals surface area (Å²) in [5.74, 6) is -0.133. The maximum absolute atomic E-state index is 12.4. The molecule has 0 radical (unpaired) electrons. The number of primary amides is 1. The van der Waals surface area contributed by atoms with E-state index < -0.39 is 6.03 Å². The Morgan fingerprint density at radius 1 is 1.39 bits per heavy atom. The molecule has 1 fully saturated rings. The van der Waals surface area contributed by atoms with Crippen molar-refractivity contribution in [2.75, 3.05) is 13.1 Å². The second-order valence-corrected chi connectivity index (χ2v) is 6.67. The minimum absolute atomic E-state index is 0.0215. The lowest BCUT2D eigenvalue weighted by Crippen LogP contribution is -2.48. The van der Waals surface area contributed by atoms with Gasteiger partial charge in [-0.1, -0.05) is 23.8 Å². The number of hydrogen-bond donors (Lipinski definition) is 2. The van der Waals surface area contributed by atoms with Crippen LogP contribution >= 0.6 is 0 Å². The van der Waals surface area contributed by atoms with Gasteiger partial charge in [0.05, 0.1) is 5.92 Å². The zero-order valence-electron chi connectivity index (χ0n) is 14.3. The van der Waals surface area contributed by atoms with Gasteiger partial charge in [-0.05, 0) is 51.2 Å². The van der Waals surface area contributed by atoms with Crippen molar-refractivity contribution in [3.05, 3.63) is 34.9 Å². The third-order valence-corrected chi connectivity index (χ3v) is 4.52. The average Bonchev–Trinajstić information content (AvgIpc) is 2.50. The summed E-state index contributed by atoms with van der Waals surface area (Å²) in [7, 11) is 0. The summed E-state index contributed by atoms with van der Waals surface area (Å²) >= 11 is 0. The first kappa shape index (κ1) is 17.3. The minimum atomic E-state index is -0.439. The molecule has 1 aliphatic rings. The van der Waals surface area contributed by atoms with Crippen LogP contribution in [0.4, 0.5) is 4.79 Å².